The topological polar surface area (TPSA) is 35.8 Å². The number of nitriles is 1. The monoisotopic (exact) mass is 300 g/mol. The van der Waals surface area contributed by atoms with Crippen LogP contribution in [0.3, 0.4) is 0 Å². The Labute approximate surface area is 115 Å². The van der Waals surface area contributed by atoms with Crippen LogP contribution in [0, 0.1) is 11.3 Å². The molecule has 0 saturated carbocycles. The Hall–Kier alpha value is -1.79. The molecule has 0 amide bonds. The first-order valence-electron chi connectivity index (χ1n) is 5.72. The zero-order valence-corrected chi connectivity index (χ0v) is 11.6. The smallest absolute Gasteiger partial charge is 0.0992 e. The van der Waals surface area contributed by atoms with Crippen molar-refractivity contribution in [1.29, 1.82) is 5.26 Å². The second kappa shape index (κ2) is 5.70. The van der Waals surface area contributed by atoms with Gasteiger partial charge in [-0.1, -0.05) is 30.3 Å². The van der Waals surface area contributed by atoms with E-state index in [2.05, 4.69) is 46.4 Å². The van der Waals surface area contributed by atoms with Crippen LogP contribution in [0.2, 0.25) is 0 Å². The summed E-state index contributed by atoms with van der Waals surface area (Å²) in [6, 6.07) is 18.1. The third kappa shape index (κ3) is 2.91. The molecule has 90 valence electrons. The molecule has 0 aliphatic heterocycles. The minimum atomic E-state index is 0.218. The van der Waals surface area contributed by atoms with E-state index in [9.17, 15) is 0 Å². The lowest BCUT2D eigenvalue weighted by Gasteiger charge is -2.16. The van der Waals surface area contributed by atoms with E-state index in [1.54, 1.807) is 0 Å². The summed E-state index contributed by atoms with van der Waals surface area (Å²) >= 11 is 3.48. The molecule has 0 aliphatic carbocycles. The van der Waals surface area contributed by atoms with Crippen molar-refractivity contribution in [3.63, 3.8) is 0 Å². The second-order valence-corrected chi connectivity index (χ2v) is 4.94. The van der Waals surface area contributed by atoms with Gasteiger partial charge in [-0.05, 0) is 46.6 Å². The summed E-state index contributed by atoms with van der Waals surface area (Å²) in [5.74, 6) is 0. The van der Waals surface area contributed by atoms with Gasteiger partial charge in [0.2, 0.25) is 0 Å². The van der Waals surface area contributed by atoms with Crippen molar-refractivity contribution in [3.8, 4) is 6.07 Å². The van der Waals surface area contributed by atoms with Gasteiger partial charge in [0.25, 0.3) is 0 Å². The third-order valence-corrected chi connectivity index (χ3v) is 3.43. The molecule has 3 heteroatoms. The maximum absolute atomic E-state index is 8.82. The SMILES string of the molecule is CC(Nc1ccc(C#N)cc1Br)c1ccccc1. The van der Waals surface area contributed by atoms with E-state index in [0.717, 1.165) is 10.2 Å². The second-order valence-electron chi connectivity index (χ2n) is 4.08. The van der Waals surface area contributed by atoms with Crippen molar-refractivity contribution < 1.29 is 0 Å². The molecule has 2 nitrogen and oxygen atoms in total. The summed E-state index contributed by atoms with van der Waals surface area (Å²) in [6.07, 6.45) is 0. The van der Waals surface area contributed by atoms with Crippen LogP contribution in [0.4, 0.5) is 5.69 Å². The minimum absolute atomic E-state index is 0.218. The Kier molecular flexibility index (Phi) is 4.01. The minimum Gasteiger partial charge on any atom is -0.378 e. The van der Waals surface area contributed by atoms with Crippen molar-refractivity contribution in [2.24, 2.45) is 0 Å². The molecule has 0 spiro atoms. The van der Waals surface area contributed by atoms with Crippen molar-refractivity contribution in [2.75, 3.05) is 5.32 Å². The highest BCUT2D eigenvalue weighted by molar-refractivity contribution is 9.10. The first kappa shape index (κ1) is 12.7. The fraction of sp³-hybridized carbons (Fsp3) is 0.133. The van der Waals surface area contributed by atoms with E-state index in [-0.39, 0.29) is 6.04 Å². The first-order chi connectivity index (χ1) is 8.70. The van der Waals surface area contributed by atoms with E-state index >= 15 is 0 Å². The number of anilines is 1. The Bertz CT molecular complexity index is 573. The lowest BCUT2D eigenvalue weighted by atomic mass is 10.1. The highest BCUT2D eigenvalue weighted by atomic mass is 79.9. The summed E-state index contributed by atoms with van der Waals surface area (Å²) in [7, 11) is 0. The number of hydrogen-bond acceptors (Lipinski definition) is 2. The molecule has 1 unspecified atom stereocenters. The highest BCUT2D eigenvalue weighted by Crippen LogP contribution is 2.27. The Morgan fingerprint density at radius 3 is 2.50 bits per heavy atom. The fourth-order valence-corrected chi connectivity index (χ4v) is 2.25. The zero-order chi connectivity index (χ0) is 13.0. The van der Waals surface area contributed by atoms with Gasteiger partial charge < -0.3 is 5.32 Å². The molecule has 18 heavy (non-hydrogen) atoms. The van der Waals surface area contributed by atoms with Gasteiger partial charge in [-0.25, -0.2) is 0 Å². The summed E-state index contributed by atoms with van der Waals surface area (Å²) in [5.41, 5.74) is 2.87. The Balaban J connectivity index is 2.18. The molecule has 0 aromatic heterocycles. The lowest BCUT2D eigenvalue weighted by Crippen LogP contribution is -2.06. The van der Waals surface area contributed by atoms with Crippen LogP contribution in [0.15, 0.2) is 53.0 Å². The molecule has 0 bridgehead atoms. The summed E-state index contributed by atoms with van der Waals surface area (Å²) < 4.78 is 0.907. The lowest BCUT2D eigenvalue weighted by molar-refractivity contribution is 0.883. The van der Waals surface area contributed by atoms with Gasteiger partial charge in [-0.2, -0.15) is 5.26 Å². The molecule has 0 radical (unpaired) electrons. The number of hydrogen-bond donors (Lipinski definition) is 1. The van der Waals surface area contributed by atoms with Crippen LogP contribution in [0.25, 0.3) is 0 Å². The van der Waals surface area contributed by atoms with E-state index in [0.29, 0.717) is 5.56 Å². The van der Waals surface area contributed by atoms with Crippen LogP contribution in [0.5, 0.6) is 0 Å². The van der Waals surface area contributed by atoms with Gasteiger partial charge in [0, 0.05) is 16.2 Å². The average Bonchev–Trinajstić information content (AvgIpc) is 2.42. The maximum atomic E-state index is 8.82. The van der Waals surface area contributed by atoms with E-state index in [1.807, 2.05) is 36.4 Å². The number of nitrogens with one attached hydrogen (secondary N) is 1. The van der Waals surface area contributed by atoms with Crippen LogP contribution >= 0.6 is 15.9 Å². The number of benzene rings is 2. The van der Waals surface area contributed by atoms with E-state index in [4.69, 9.17) is 5.26 Å². The van der Waals surface area contributed by atoms with Gasteiger partial charge in [0.05, 0.1) is 11.6 Å². The van der Waals surface area contributed by atoms with Crippen LogP contribution < -0.4 is 5.32 Å². The quantitative estimate of drug-likeness (QED) is 0.906. The summed E-state index contributed by atoms with van der Waals surface area (Å²) in [6.45, 7) is 2.11. The zero-order valence-electron chi connectivity index (χ0n) is 10.0. The molecular weight excluding hydrogens is 288 g/mol. The largest absolute Gasteiger partial charge is 0.378 e. The van der Waals surface area contributed by atoms with Crippen molar-refractivity contribution in [1.82, 2.24) is 0 Å². The van der Waals surface area contributed by atoms with E-state index < -0.39 is 0 Å². The molecule has 1 atom stereocenters. The molecule has 0 fully saturated rings. The van der Waals surface area contributed by atoms with Gasteiger partial charge in [0.15, 0.2) is 0 Å². The van der Waals surface area contributed by atoms with Gasteiger partial charge in [0.1, 0.15) is 0 Å². The predicted octanol–water partition coefficient (Wildman–Crippen LogP) is 4.49. The number of halogens is 1. The number of nitrogens with zero attached hydrogens (tertiary/aromatic N) is 1. The van der Waals surface area contributed by atoms with Gasteiger partial charge in [-0.15, -0.1) is 0 Å². The Morgan fingerprint density at radius 2 is 1.89 bits per heavy atom. The van der Waals surface area contributed by atoms with Crippen molar-refractivity contribution >= 4 is 21.6 Å². The van der Waals surface area contributed by atoms with Crippen molar-refractivity contribution in [2.45, 2.75) is 13.0 Å². The standard InChI is InChI=1S/C15H13BrN2/c1-11(13-5-3-2-4-6-13)18-15-8-7-12(10-17)9-14(15)16/h2-9,11,18H,1H3. The Morgan fingerprint density at radius 1 is 1.17 bits per heavy atom. The van der Waals surface area contributed by atoms with Crippen molar-refractivity contribution in [3.05, 3.63) is 64.1 Å². The molecule has 2 aromatic rings. The van der Waals surface area contributed by atoms with E-state index in [1.165, 1.54) is 5.56 Å². The molecule has 1 N–H and O–H groups in total. The van der Waals surface area contributed by atoms with Gasteiger partial charge in [-0.3, -0.25) is 0 Å². The fourth-order valence-electron chi connectivity index (χ4n) is 1.76. The van der Waals surface area contributed by atoms with Crippen LogP contribution in [-0.4, -0.2) is 0 Å². The normalized spacial score (nSPS) is 11.6. The van der Waals surface area contributed by atoms with Crippen LogP contribution in [-0.2, 0) is 0 Å². The number of rotatable bonds is 3. The van der Waals surface area contributed by atoms with Gasteiger partial charge >= 0.3 is 0 Å². The van der Waals surface area contributed by atoms with Crippen LogP contribution in [0.1, 0.15) is 24.1 Å². The summed E-state index contributed by atoms with van der Waals surface area (Å²) in [4.78, 5) is 0. The molecular formula is C15H13BrN2. The predicted molar refractivity (Wildman–Crippen MR) is 77.3 cm³/mol. The maximum Gasteiger partial charge on any atom is 0.0992 e. The summed E-state index contributed by atoms with van der Waals surface area (Å²) in [5, 5.41) is 12.2. The molecule has 0 saturated heterocycles. The third-order valence-electron chi connectivity index (χ3n) is 2.77. The molecule has 2 rings (SSSR count). The average molecular weight is 301 g/mol. The molecule has 0 heterocycles. The first-order valence-corrected chi connectivity index (χ1v) is 6.51. The highest BCUT2D eigenvalue weighted by Gasteiger charge is 2.07. The molecule has 2 aromatic carbocycles. The molecule has 0 aliphatic rings.